The Morgan fingerprint density at radius 3 is 2.62 bits per heavy atom. The number of hydrogen-bond acceptors (Lipinski definition) is 4. The number of hydrogen-bond donors (Lipinski definition) is 1. The van der Waals surface area contributed by atoms with Gasteiger partial charge < -0.3 is 5.11 Å². The van der Waals surface area contributed by atoms with Gasteiger partial charge in [0.15, 0.2) is 0 Å². The second-order valence-electron chi connectivity index (χ2n) is 2.12. The van der Waals surface area contributed by atoms with Gasteiger partial charge >= 0.3 is 5.97 Å². The number of aromatic carboxylic acids is 1. The molecule has 0 aromatic heterocycles. The maximum Gasteiger partial charge on any atom is 0.337 e. The topological polar surface area (TPSA) is 80.4 Å². The van der Waals surface area contributed by atoms with Crippen LogP contribution >= 0.6 is 11.9 Å². The fourth-order valence-electron chi connectivity index (χ4n) is 0.803. The minimum absolute atomic E-state index is 0.0517. The van der Waals surface area contributed by atoms with E-state index in [1.807, 2.05) is 0 Å². The normalized spacial score (nSPS) is 9.54. The van der Waals surface area contributed by atoms with Crippen molar-refractivity contribution in [2.45, 2.75) is 4.90 Å². The van der Waals surface area contributed by atoms with Crippen LogP contribution in [0.5, 0.6) is 0 Å². The Morgan fingerprint density at radius 1 is 1.46 bits per heavy atom. The first kappa shape index (κ1) is 9.53. The smallest absolute Gasteiger partial charge is 0.337 e. The summed E-state index contributed by atoms with van der Waals surface area (Å²) in [7, 11) is 0. The van der Waals surface area contributed by atoms with Crippen molar-refractivity contribution in [3.05, 3.63) is 39.9 Å². The summed E-state index contributed by atoms with van der Waals surface area (Å²) in [5.74, 6) is -1.16. The predicted molar refractivity (Wildman–Crippen MR) is 46.3 cm³/mol. The van der Waals surface area contributed by atoms with Crippen molar-refractivity contribution in [3.63, 3.8) is 0 Å². The molecule has 0 aliphatic heterocycles. The van der Waals surface area contributed by atoms with E-state index in [-0.39, 0.29) is 10.5 Å². The molecule has 1 N–H and O–H groups in total. The Labute approximate surface area is 77.7 Å². The van der Waals surface area contributed by atoms with Gasteiger partial charge in [0.25, 0.3) is 11.9 Å². The summed E-state index contributed by atoms with van der Waals surface area (Å²) in [4.78, 5) is 20.8. The lowest BCUT2D eigenvalue weighted by Gasteiger charge is -1.97. The number of nitro groups is 1. The average molecular weight is 199 g/mol. The first-order valence-electron chi connectivity index (χ1n) is 3.26. The van der Waals surface area contributed by atoms with Crippen molar-refractivity contribution in [1.29, 1.82) is 0 Å². The van der Waals surface area contributed by atoms with E-state index in [2.05, 4.69) is 0 Å². The van der Waals surface area contributed by atoms with Gasteiger partial charge in [0.05, 0.1) is 10.5 Å². The maximum absolute atomic E-state index is 10.6. The van der Waals surface area contributed by atoms with E-state index >= 15 is 0 Å². The highest BCUT2D eigenvalue weighted by atomic mass is 32.2. The molecule has 1 aromatic carbocycles. The van der Waals surface area contributed by atoms with Gasteiger partial charge in [-0.2, -0.15) is 0 Å². The lowest BCUT2D eigenvalue weighted by Crippen LogP contribution is -1.99. The quantitative estimate of drug-likeness (QED) is 0.455. The van der Waals surface area contributed by atoms with Crippen LogP contribution in [0.4, 0.5) is 0 Å². The fraction of sp³-hybridized carbons (Fsp3) is 0. The summed E-state index contributed by atoms with van der Waals surface area (Å²) >= 11 is 0.295. The van der Waals surface area contributed by atoms with Crippen molar-refractivity contribution in [2.75, 3.05) is 0 Å². The first-order valence-corrected chi connectivity index (χ1v) is 4.03. The number of carboxylic acid groups (broad SMARTS) is 1. The van der Waals surface area contributed by atoms with Crippen LogP contribution in [0.2, 0.25) is 0 Å². The SMILES string of the molecule is O=C(O)c1ccccc1S[N+](=O)[O-]. The Hall–Kier alpha value is -1.56. The van der Waals surface area contributed by atoms with Crippen molar-refractivity contribution in [3.8, 4) is 0 Å². The summed E-state index contributed by atoms with van der Waals surface area (Å²) in [5.41, 5.74) is -0.0517. The zero-order chi connectivity index (χ0) is 9.84. The van der Waals surface area contributed by atoms with Crippen LogP contribution < -0.4 is 0 Å². The van der Waals surface area contributed by atoms with Gasteiger partial charge in [-0.15, -0.1) is 0 Å². The number of benzene rings is 1. The lowest BCUT2D eigenvalue weighted by molar-refractivity contribution is -0.284. The molecule has 0 fully saturated rings. The zero-order valence-electron chi connectivity index (χ0n) is 6.34. The van der Waals surface area contributed by atoms with E-state index in [1.165, 1.54) is 18.2 Å². The molecule has 1 aromatic rings. The van der Waals surface area contributed by atoms with Crippen LogP contribution in [0.3, 0.4) is 0 Å². The monoisotopic (exact) mass is 199 g/mol. The second kappa shape index (κ2) is 3.90. The highest BCUT2D eigenvalue weighted by Gasteiger charge is 2.15. The minimum Gasteiger partial charge on any atom is -0.478 e. The molecular weight excluding hydrogens is 194 g/mol. The number of nitrogens with zero attached hydrogens (tertiary/aromatic N) is 1. The van der Waals surface area contributed by atoms with Gasteiger partial charge in [-0.05, 0) is 12.1 Å². The molecule has 68 valence electrons. The van der Waals surface area contributed by atoms with Gasteiger partial charge in [-0.1, -0.05) is 12.1 Å². The highest BCUT2D eigenvalue weighted by Crippen LogP contribution is 2.22. The van der Waals surface area contributed by atoms with Crippen molar-refractivity contribution >= 4 is 17.9 Å². The Bertz CT molecular complexity index is 352. The number of carboxylic acids is 1. The average Bonchev–Trinajstić information content (AvgIpc) is 2.03. The molecular formula is C7H5NO4S. The fourth-order valence-corrected chi connectivity index (χ4v) is 1.36. The van der Waals surface area contributed by atoms with Crippen LogP contribution in [0, 0.1) is 10.1 Å². The largest absolute Gasteiger partial charge is 0.478 e. The summed E-state index contributed by atoms with van der Waals surface area (Å²) in [6, 6.07) is 5.80. The third-order valence-corrected chi connectivity index (χ3v) is 1.99. The standard InChI is InChI=1S/C7H5NO4S/c9-7(10)5-3-1-2-4-6(5)13-8(11)12/h1-4H,(H,9,10). The number of rotatable bonds is 3. The molecule has 0 saturated heterocycles. The number of carbonyl (C=O) groups is 1. The first-order chi connectivity index (χ1) is 6.11. The zero-order valence-corrected chi connectivity index (χ0v) is 7.15. The Balaban J connectivity index is 3.04. The molecule has 5 nitrogen and oxygen atoms in total. The summed E-state index contributed by atoms with van der Waals surface area (Å²) in [5, 5.41) is 18.8. The van der Waals surface area contributed by atoms with E-state index in [0.717, 1.165) is 0 Å². The van der Waals surface area contributed by atoms with Crippen LogP contribution in [0.25, 0.3) is 0 Å². The molecule has 0 radical (unpaired) electrons. The summed E-state index contributed by atoms with van der Waals surface area (Å²) in [6.07, 6.45) is 0. The molecule has 0 atom stereocenters. The molecule has 13 heavy (non-hydrogen) atoms. The van der Waals surface area contributed by atoms with E-state index in [9.17, 15) is 14.9 Å². The van der Waals surface area contributed by atoms with Crippen LogP contribution in [0.1, 0.15) is 10.4 Å². The van der Waals surface area contributed by atoms with Gasteiger partial charge in [-0.3, -0.25) is 10.1 Å². The van der Waals surface area contributed by atoms with Crippen molar-refractivity contribution < 1.29 is 14.2 Å². The molecule has 0 saturated carbocycles. The maximum atomic E-state index is 10.6. The third-order valence-electron chi connectivity index (χ3n) is 1.29. The van der Waals surface area contributed by atoms with Crippen molar-refractivity contribution in [2.24, 2.45) is 0 Å². The molecule has 1 rings (SSSR count). The molecule has 0 bridgehead atoms. The third kappa shape index (κ3) is 2.45. The van der Waals surface area contributed by atoms with Crippen molar-refractivity contribution in [1.82, 2.24) is 0 Å². The molecule has 6 heteroatoms. The van der Waals surface area contributed by atoms with E-state index in [4.69, 9.17) is 5.11 Å². The molecule has 0 aliphatic rings. The van der Waals surface area contributed by atoms with E-state index in [0.29, 0.717) is 11.9 Å². The van der Waals surface area contributed by atoms with Crippen LogP contribution in [-0.4, -0.2) is 15.4 Å². The van der Waals surface area contributed by atoms with Crippen LogP contribution in [-0.2, 0) is 0 Å². The Kier molecular flexibility index (Phi) is 2.86. The summed E-state index contributed by atoms with van der Waals surface area (Å²) in [6.45, 7) is 0. The van der Waals surface area contributed by atoms with Crippen LogP contribution in [0.15, 0.2) is 29.2 Å². The van der Waals surface area contributed by atoms with Gasteiger partial charge in [0.2, 0.25) is 0 Å². The second-order valence-corrected chi connectivity index (χ2v) is 3.04. The molecule has 0 amide bonds. The Morgan fingerprint density at radius 2 is 2.08 bits per heavy atom. The molecule has 0 unspecified atom stereocenters. The van der Waals surface area contributed by atoms with Gasteiger partial charge in [0, 0.05) is 0 Å². The molecule has 0 heterocycles. The summed E-state index contributed by atoms with van der Waals surface area (Å²) < 4.78 is -0.637. The van der Waals surface area contributed by atoms with Gasteiger partial charge in [-0.25, -0.2) is 4.79 Å². The molecule has 0 aliphatic carbocycles. The van der Waals surface area contributed by atoms with E-state index in [1.54, 1.807) is 6.07 Å². The predicted octanol–water partition coefficient (Wildman–Crippen LogP) is 1.67. The minimum atomic E-state index is -1.16. The lowest BCUT2D eigenvalue weighted by atomic mass is 10.2. The van der Waals surface area contributed by atoms with Gasteiger partial charge in [0.1, 0.15) is 4.33 Å². The highest BCUT2D eigenvalue weighted by molar-refractivity contribution is 7.93. The molecule has 0 spiro atoms. The van der Waals surface area contributed by atoms with E-state index < -0.39 is 10.3 Å².